The lowest BCUT2D eigenvalue weighted by Gasteiger charge is -2.43. The molecule has 2 aromatic rings. The van der Waals surface area contributed by atoms with Crippen LogP contribution in [0.3, 0.4) is 0 Å². The van der Waals surface area contributed by atoms with Crippen LogP contribution in [-0.4, -0.2) is 16.0 Å². The Kier molecular flexibility index (Phi) is 3.53. The molecule has 1 aromatic heterocycles. The normalized spacial score (nSPS) is 25.8. The van der Waals surface area contributed by atoms with Gasteiger partial charge in [0.2, 0.25) is 0 Å². The first-order chi connectivity index (χ1) is 12.5. The molecular weight excluding hydrogens is 322 g/mol. The van der Waals surface area contributed by atoms with Gasteiger partial charge in [-0.05, 0) is 48.3 Å². The van der Waals surface area contributed by atoms with Crippen molar-refractivity contribution in [1.82, 2.24) is 10.2 Å². The van der Waals surface area contributed by atoms with Gasteiger partial charge in [-0.3, -0.25) is 9.89 Å². The van der Waals surface area contributed by atoms with Crippen LogP contribution in [0.4, 0.5) is 5.69 Å². The highest BCUT2D eigenvalue weighted by atomic mass is 16.1. The quantitative estimate of drug-likeness (QED) is 0.735. The molecule has 0 saturated heterocycles. The molecule has 3 aliphatic rings. The van der Waals surface area contributed by atoms with Crippen molar-refractivity contribution in [3.8, 4) is 0 Å². The largest absolute Gasteiger partial charge is 0.358 e. The Morgan fingerprint density at radius 2 is 1.92 bits per heavy atom. The Bertz CT molecular complexity index is 915. The Morgan fingerprint density at radius 3 is 2.73 bits per heavy atom. The third-order valence-electron chi connectivity index (χ3n) is 6.61. The first kappa shape index (κ1) is 16.1. The van der Waals surface area contributed by atoms with Gasteiger partial charge in [-0.15, -0.1) is 0 Å². The molecule has 0 radical (unpaired) electrons. The lowest BCUT2D eigenvalue weighted by Crippen LogP contribution is -2.36. The molecule has 4 heteroatoms. The molecule has 1 aliphatic heterocycles. The second-order valence-electron chi connectivity index (χ2n) is 9.19. The van der Waals surface area contributed by atoms with E-state index in [2.05, 4.69) is 41.5 Å². The Labute approximate surface area is 154 Å². The van der Waals surface area contributed by atoms with Gasteiger partial charge in [0.05, 0.1) is 11.7 Å². The number of ketones is 1. The summed E-state index contributed by atoms with van der Waals surface area (Å²) in [5.41, 5.74) is 5.85. The van der Waals surface area contributed by atoms with Crippen LogP contribution in [-0.2, 0) is 4.79 Å². The van der Waals surface area contributed by atoms with Crippen LogP contribution in [0.2, 0.25) is 0 Å². The highest BCUT2D eigenvalue weighted by Crippen LogP contribution is 2.53. The van der Waals surface area contributed by atoms with Crippen molar-refractivity contribution in [1.29, 1.82) is 0 Å². The smallest absolute Gasteiger partial charge is 0.161 e. The van der Waals surface area contributed by atoms with Crippen molar-refractivity contribution in [3.63, 3.8) is 0 Å². The summed E-state index contributed by atoms with van der Waals surface area (Å²) in [7, 11) is 0. The summed E-state index contributed by atoms with van der Waals surface area (Å²) in [6.45, 7) is 4.42. The number of H-pyrrole nitrogens is 1. The van der Waals surface area contributed by atoms with Crippen LogP contribution in [0, 0.1) is 11.3 Å². The van der Waals surface area contributed by atoms with Gasteiger partial charge in [0, 0.05) is 34.7 Å². The molecule has 1 unspecified atom stereocenters. The lowest BCUT2D eigenvalue weighted by molar-refractivity contribution is -0.118. The minimum Gasteiger partial charge on any atom is -0.358 e. The van der Waals surface area contributed by atoms with E-state index in [9.17, 15) is 4.79 Å². The van der Waals surface area contributed by atoms with Gasteiger partial charge in [-0.25, -0.2) is 0 Å². The molecule has 4 nitrogen and oxygen atoms in total. The van der Waals surface area contributed by atoms with Crippen LogP contribution in [0.1, 0.15) is 70.3 Å². The van der Waals surface area contributed by atoms with Gasteiger partial charge in [0.1, 0.15) is 0 Å². The molecule has 2 heterocycles. The number of aromatic amines is 1. The molecule has 1 fully saturated rings. The number of Topliss-reactive ketones (excluding diaryl/α,β-unsaturated/α-hetero) is 1. The van der Waals surface area contributed by atoms with Crippen molar-refractivity contribution < 1.29 is 4.79 Å². The van der Waals surface area contributed by atoms with Crippen molar-refractivity contribution >= 4 is 22.4 Å². The molecular formula is C22H27N3O. The number of nitrogens with zero attached hydrogens (tertiary/aromatic N) is 1. The van der Waals surface area contributed by atoms with Gasteiger partial charge in [-0.2, -0.15) is 5.10 Å². The van der Waals surface area contributed by atoms with E-state index in [4.69, 9.17) is 0 Å². The van der Waals surface area contributed by atoms with Gasteiger partial charge in [0.15, 0.2) is 5.78 Å². The fourth-order valence-corrected chi connectivity index (χ4v) is 5.54. The number of aromatic nitrogens is 2. The van der Waals surface area contributed by atoms with Crippen molar-refractivity contribution in [2.75, 3.05) is 5.32 Å². The molecule has 0 amide bonds. The van der Waals surface area contributed by atoms with Crippen LogP contribution < -0.4 is 5.32 Å². The lowest BCUT2D eigenvalue weighted by atomic mass is 9.64. The summed E-state index contributed by atoms with van der Waals surface area (Å²) < 4.78 is 0. The van der Waals surface area contributed by atoms with Gasteiger partial charge in [-0.1, -0.05) is 33.1 Å². The maximum atomic E-state index is 13.3. The van der Waals surface area contributed by atoms with Crippen LogP contribution in [0.15, 0.2) is 29.6 Å². The fourth-order valence-electron chi connectivity index (χ4n) is 5.54. The summed E-state index contributed by atoms with van der Waals surface area (Å²) >= 11 is 0. The second kappa shape index (κ2) is 5.70. The topological polar surface area (TPSA) is 57.8 Å². The van der Waals surface area contributed by atoms with Crippen molar-refractivity contribution in [2.24, 2.45) is 11.3 Å². The molecule has 0 bridgehead atoms. The molecule has 1 saturated carbocycles. The number of fused-ring (bicyclic) bond motifs is 3. The maximum absolute atomic E-state index is 13.3. The van der Waals surface area contributed by atoms with Crippen molar-refractivity contribution in [2.45, 2.75) is 64.7 Å². The van der Waals surface area contributed by atoms with E-state index >= 15 is 0 Å². The van der Waals surface area contributed by atoms with E-state index in [-0.39, 0.29) is 11.3 Å². The standard InChI is InChI=1S/C22H27N3O/c1-22(2)10-17-21(18(26)11-22)19(13-6-4-3-5-7-13)20-14-12-23-25-15(14)8-9-16(20)24-17/h8-9,12-13,19,24H,3-7,10-11H2,1-2H3,(H,23,25). The number of nitrogens with one attached hydrogen (secondary N) is 2. The van der Waals surface area contributed by atoms with E-state index in [0.717, 1.165) is 17.5 Å². The minimum absolute atomic E-state index is 0.0390. The predicted octanol–water partition coefficient (Wildman–Crippen LogP) is 5.30. The molecule has 2 aliphatic carbocycles. The van der Waals surface area contributed by atoms with E-state index in [1.165, 1.54) is 54.4 Å². The average Bonchev–Trinajstić information content (AvgIpc) is 3.08. The highest BCUT2D eigenvalue weighted by molar-refractivity contribution is 6.03. The van der Waals surface area contributed by atoms with E-state index < -0.39 is 0 Å². The van der Waals surface area contributed by atoms with Crippen LogP contribution in [0.25, 0.3) is 10.9 Å². The zero-order valence-electron chi connectivity index (χ0n) is 15.7. The zero-order chi connectivity index (χ0) is 17.9. The summed E-state index contributed by atoms with van der Waals surface area (Å²) in [5.74, 6) is 1.15. The monoisotopic (exact) mass is 349 g/mol. The number of carbonyl (C=O) groups excluding carboxylic acids is 1. The zero-order valence-corrected chi connectivity index (χ0v) is 15.7. The van der Waals surface area contributed by atoms with Crippen LogP contribution in [0.5, 0.6) is 0 Å². The molecule has 1 aromatic carbocycles. The SMILES string of the molecule is CC1(C)CC(=O)C2=C(C1)Nc1ccc3[nH]ncc3c1C2C1CCCCC1. The average molecular weight is 349 g/mol. The maximum Gasteiger partial charge on any atom is 0.161 e. The molecule has 26 heavy (non-hydrogen) atoms. The molecule has 5 rings (SSSR count). The first-order valence-electron chi connectivity index (χ1n) is 10.0. The second-order valence-corrected chi connectivity index (χ2v) is 9.19. The molecule has 0 spiro atoms. The number of carbonyl (C=O) groups is 1. The summed E-state index contributed by atoms with van der Waals surface area (Å²) in [5, 5.41) is 12.2. The third kappa shape index (κ3) is 2.42. The Balaban J connectivity index is 1.72. The van der Waals surface area contributed by atoms with Gasteiger partial charge < -0.3 is 5.32 Å². The molecule has 1 atom stereocenters. The Hall–Kier alpha value is -2.10. The number of benzene rings is 1. The Morgan fingerprint density at radius 1 is 1.12 bits per heavy atom. The molecule has 2 N–H and O–H groups in total. The number of rotatable bonds is 1. The number of allylic oxidation sites excluding steroid dienone is 2. The van der Waals surface area contributed by atoms with Gasteiger partial charge >= 0.3 is 0 Å². The summed E-state index contributed by atoms with van der Waals surface area (Å²) in [6.07, 6.45) is 9.91. The number of hydrogen-bond donors (Lipinski definition) is 2. The van der Waals surface area contributed by atoms with Crippen molar-refractivity contribution in [3.05, 3.63) is 35.2 Å². The minimum atomic E-state index is 0.0390. The van der Waals surface area contributed by atoms with E-state index in [1.807, 2.05) is 6.20 Å². The summed E-state index contributed by atoms with van der Waals surface area (Å²) in [6, 6.07) is 4.27. The van der Waals surface area contributed by atoms with Gasteiger partial charge in [0.25, 0.3) is 0 Å². The summed E-state index contributed by atoms with van der Waals surface area (Å²) in [4.78, 5) is 13.3. The number of hydrogen-bond acceptors (Lipinski definition) is 3. The number of anilines is 1. The molecule has 136 valence electrons. The van der Waals surface area contributed by atoms with E-state index in [1.54, 1.807) is 0 Å². The predicted molar refractivity (Wildman–Crippen MR) is 104 cm³/mol. The highest BCUT2D eigenvalue weighted by Gasteiger charge is 2.43. The first-order valence-corrected chi connectivity index (χ1v) is 10.0. The van der Waals surface area contributed by atoms with Crippen LogP contribution >= 0.6 is 0 Å². The third-order valence-corrected chi connectivity index (χ3v) is 6.61. The van der Waals surface area contributed by atoms with E-state index in [0.29, 0.717) is 18.1 Å². The fraction of sp³-hybridized carbons (Fsp3) is 0.545.